The predicted molar refractivity (Wildman–Crippen MR) is 643 cm³/mol. The molecule has 0 radical (unpaired) electrons. The third-order valence-electron chi connectivity index (χ3n) is 26.4. The van der Waals surface area contributed by atoms with Gasteiger partial charge in [-0.25, -0.2) is 0 Å². The molecule has 22 aromatic carbocycles. The van der Waals surface area contributed by atoms with Crippen LogP contribution >= 0.6 is 61.3 Å². The molecule has 26 rings (SSSR count). The molecule has 0 saturated heterocycles. The third kappa shape index (κ3) is 21.8. The zero-order valence-electron chi connectivity index (χ0n) is 82.6. The van der Waals surface area contributed by atoms with Crippen molar-refractivity contribution in [3.8, 4) is 44.5 Å². The van der Waals surface area contributed by atoms with Crippen LogP contribution in [0.15, 0.2) is 550 Å². The van der Waals surface area contributed by atoms with Crippen LogP contribution in [0.1, 0.15) is 20.8 Å². The monoisotopic (exact) mass is 2060 g/mol. The van der Waals surface area contributed by atoms with Gasteiger partial charge < -0.3 is 34.9 Å². The summed E-state index contributed by atoms with van der Waals surface area (Å²) in [5.74, 6) is 0. The van der Waals surface area contributed by atoms with E-state index in [9.17, 15) is 5.11 Å². The molecule has 1 N–H and O–H groups in total. The molecule has 7 nitrogen and oxygen atoms in total. The van der Waals surface area contributed by atoms with Gasteiger partial charge >= 0.3 is 29.6 Å². The summed E-state index contributed by atoms with van der Waals surface area (Å²) in [4.78, 5) is 11.7. The number of hydrogen-bond donors (Lipinski definition) is 1. The van der Waals surface area contributed by atoms with Gasteiger partial charge in [-0.3, -0.25) is 0 Å². The van der Waals surface area contributed by atoms with Crippen LogP contribution in [0.3, 0.4) is 0 Å². The molecule has 0 unspecified atom stereocenters. The van der Waals surface area contributed by atoms with Crippen molar-refractivity contribution < 1.29 is 34.7 Å². The average molecular weight is 2070 g/mol. The Kier molecular flexibility index (Phi) is 29.1. The van der Waals surface area contributed by atoms with Gasteiger partial charge in [-0.15, -0.1) is 50.9 Å². The minimum Gasteiger partial charge on any atom is -0.850 e. The van der Waals surface area contributed by atoms with Crippen LogP contribution < -0.4 is 64.5 Å². The Hall–Kier alpha value is -16.0. The van der Waals surface area contributed by atoms with Crippen LogP contribution in [0.4, 0.5) is 96.7 Å². The Labute approximate surface area is 915 Å². The number of anilines is 17. The normalized spacial score (nSPS) is 11.2. The van der Waals surface area contributed by atoms with Crippen molar-refractivity contribution in [1.29, 1.82) is 0 Å². The molecule has 0 fully saturated rings. The van der Waals surface area contributed by atoms with E-state index in [1.807, 2.05) is 63.5 Å². The van der Waals surface area contributed by atoms with E-state index in [-0.39, 0.29) is 29.6 Å². The van der Waals surface area contributed by atoms with Crippen LogP contribution in [0.25, 0.3) is 125 Å². The number of rotatable bonds is 21. The molecular formula is C136H100BrN6NaOS4. The van der Waals surface area contributed by atoms with E-state index in [1.165, 1.54) is 125 Å². The number of thiophene rings is 4. The molecule has 0 aliphatic rings. The average Bonchev–Trinajstić information content (AvgIpc) is 1.63. The number of nitrogens with one attached hydrogen (secondary N) is 1. The molecule has 13 heteroatoms. The molecule has 0 amide bonds. The third-order valence-corrected chi connectivity index (χ3v) is 31.4. The fraction of sp³-hybridized carbons (Fsp3) is 0.0294. The van der Waals surface area contributed by atoms with E-state index < -0.39 is 5.60 Å². The predicted octanol–water partition coefficient (Wildman–Crippen LogP) is 38.2. The number of hydrogen-bond acceptors (Lipinski definition) is 11. The zero-order chi connectivity index (χ0) is 99.8. The molecule has 0 aliphatic heterocycles. The second kappa shape index (κ2) is 44.3. The molecule has 0 spiro atoms. The quantitative estimate of drug-likeness (QED) is 0.0720. The maximum Gasteiger partial charge on any atom is 1.00 e. The summed E-state index contributed by atoms with van der Waals surface area (Å²) >= 11 is 11.0. The maximum absolute atomic E-state index is 10.1. The van der Waals surface area contributed by atoms with Crippen molar-refractivity contribution in [2.45, 2.75) is 26.4 Å². The minimum absolute atomic E-state index is 0. The molecular weight excluding hydrogens is 1960 g/mol. The second-order valence-corrected chi connectivity index (χ2v) is 42.7. The van der Waals surface area contributed by atoms with E-state index >= 15 is 0 Å². The Balaban J connectivity index is 0.000000135. The van der Waals surface area contributed by atoms with Crippen LogP contribution in [-0.4, -0.2) is 5.60 Å². The van der Waals surface area contributed by atoms with Gasteiger partial charge in [-0.05, 0) is 311 Å². The summed E-state index contributed by atoms with van der Waals surface area (Å²) in [5.41, 5.74) is 28.2. The van der Waals surface area contributed by atoms with Crippen LogP contribution in [0, 0.1) is 0 Å². The van der Waals surface area contributed by atoms with E-state index in [1.54, 1.807) is 20.8 Å². The van der Waals surface area contributed by atoms with Gasteiger partial charge in [-0.1, -0.05) is 316 Å². The zero-order valence-corrected chi connectivity index (χ0v) is 89.5. The van der Waals surface area contributed by atoms with Crippen molar-refractivity contribution in [2.75, 3.05) is 29.8 Å². The molecule has 26 aromatic rings. The van der Waals surface area contributed by atoms with Gasteiger partial charge in [0.2, 0.25) is 0 Å². The van der Waals surface area contributed by atoms with Gasteiger partial charge in [0.1, 0.15) is 0 Å². The number of fused-ring (bicyclic) bond motifs is 12. The molecule has 149 heavy (non-hydrogen) atoms. The molecule has 4 heterocycles. The van der Waals surface area contributed by atoms with Crippen molar-refractivity contribution in [3.05, 3.63) is 550 Å². The van der Waals surface area contributed by atoms with Crippen LogP contribution in [-0.2, 0) is 0 Å². The second-order valence-electron chi connectivity index (χ2n) is 37.5. The summed E-state index contributed by atoms with van der Waals surface area (Å²) in [7, 11) is 0. The Morgan fingerprint density at radius 3 is 0.564 bits per heavy atom. The molecule has 712 valence electrons. The first kappa shape index (κ1) is 97.7. The van der Waals surface area contributed by atoms with Gasteiger partial charge in [0.15, 0.2) is 0 Å². The number of benzene rings is 22. The number of halogens is 1. The van der Waals surface area contributed by atoms with E-state index in [0.29, 0.717) is 0 Å². The molecule has 0 bridgehead atoms. The molecule has 0 atom stereocenters. The molecule has 4 aromatic heterocycles. The van der Waals surface area contributed by atoms with Crippen molar-refractivity contribution in [3.63, 3.8) is 0 Å². The standard InChI is InChI=1S/C66H45N3S2.C36H26N2S.C30H20BrNS.C4H9O.Na/c1-6-16-50(17-7-1)67(55-32-26-46(27-33-55)48-30-38-59-61-44-57(36-40-63(61)70-65(59)42-48)68(51-18-8-2-9-19-51)52-20-10-3-11-21-52)56-34-28-47(29-35-56)49-31-39-60-62-45-58(37-41-64(62)71-66(60)43-49)69(53-22-12-4-13-23-53)54-24-14-5-15-25-54;1-4-10-28(11-5-1)37-29-19-16-26(17-20-29)27-18-22-33-34-25-32(21-23-35(34)39-36(33)24-27)38(30-12-6-2-7-13-30)31-14-8-3-9-15-31;31-23-14-11-21(12-15-23)22-13-17-27-28-20-26(16-18-29(28)33-30(27)19-22)32(24-7-3-1-4-8-24)25-9-5-2-6-10-25;1-4(2,3)5;/h1-45H;1-25,37H;1-20H;1-3H3;/q;;;-1;+1. The molecule has 0 saturated carbocycles. The summed E-state index contributed by atoms with van der Waals surface area (Å²) in [6.45, 7) is 4.90. The maximum atomic E-state index is 10.1. The Morgan fingerprint density at radius 1 is 0.174 bits per heavy atom. The summed E-state index contributed by atoms with van der Waals surface area (Å²) in [6, 6.07) is 196. The topological polar surface area (TPSA) is 51.3 Å². The van der Waals surface area contributed by atoms with Gasteiger partial charge in [-0.2, -0.15) is 0 Å². The summed E-state index contributed by atoms with van der Waals surface area (Å²) in [5, 5.41) is 23.9. The molecule has 0 aliphatic carbocycles. The fourth-order valence-corrected chi connectivity index (χ4v) is 24.2. The van der Waals surface area contributed by atoms with E-state index in [0.717, 1.165) is 101 Å². The summed E-state index contributed by atoms with van der Waals surface area (Å²) < 4.78 is 11.5. The van der Waals surface area contributed by atoms with Gasteiger partial charge in [0.25, 0.3) is 0 Å². The SMILES string of the molecule is Brc1ccc(-c2ccc3c(c2)sc2ccc(N(c4ccccc4)c4ccccc4)cc23)cc1.CC(C)(C)[O-].[Na+].c1ccc(N(c2ccc(-c3ccc4c(c3)sc3ccc(N(c5ccccc5)c5ccccc5)cc34)cc2)c2ccc(-c3ccc4c(c3)sc3ccc(N(c5ccccc5)c5ccccc5)cc34)cc2)cc1.c1ccc(Nc2ccc(-c3ccc4c(c3)sc3ccc(N(c5ccccc5)c5ccccc5)cc34)cc2)cc1. The summed E-state index contributed by atoms with van der Waals surface area (Å²) in [6.07, 6.45) is 0. The minimum atomic E-state index is -0.750. The van der Waals surface area contributed by atoms with Crippen molar-refractivity contribution in [1.82, 2.24) is 0 Å². The largest absolute Gasteiger partial charge is 1.00 e. The first-order valence-corrected chi connectivity index (χ1v) is 53.7. The fourth-order valence-electron chi connectivity index (χ4n) is 19.4. The van der Waals surface area contributed by atoms with E-state index in [4.69, 9.17) is 0 Å². The smallest absolute Gasteiger partial charge is 0.850 e. The van der Waals surface area contributed by atoms with E-state index in [2.05, 4.69) is 574 Å². The number of para-hydroxylation sites is 10. The van der Waals surface area contributed by atoms with Crippen LogP contribution in [0.5, 0.6) is 0 Å². The van der Waals surface area contributed by atoms with Crippen molar-refractivity contribution in [2.24, 2.45) is 0 Å². The number of nitrogens with zero attached hydrogens (tertiary/aromatic N) is 5. The Bertz CT molecular complexity index is 8680. The van der Waals surface area contributed by atoms with Crippen molar-refractivity contribution >= 4 is 239 Å². The first-order chi connectivity index (χ1) is 72.8. The van der Waals surface area contributed by atoms with Crippen LogP contribution in [0.2, 0.25) is 0 Å². The van der Waals surface area contributed by atoms with Gasteiger partial charge in [0.05, 0.1) is 0 Å². The van der Waals surface area contributed by atoms with Gasteiger partial charge in [0, 0.05) is 182 Å². The first-order valence-electron chi connectivity index (χ1n) is 49.7. The Morgan fingerprint density at radius 2 is 0.342 bits per heavy atom.